The Bertz CT molecular complexity index is 456. The topological polar surface area (TPSA) is 22.1 Å². The number of fused-ring (bicyclic) bond motifs is 1. The Hall–Kier alpha value is -1.28. The van der Waals surface area contributed by atoms with Crippen LogP contribution in [0.3, 0.4) is 0 Å². The average molecular weight is 208 g/mol. The molecule has 0 aliphatic rings. The summed E-state index contributed by atoms with van der Waals surface area (Å²) >= 11 is 5.82. The van der Waals surface area contributed by atoms with Crippen molar-refractivity contribution in [2.45, 2.75) is 5.88 Å². The van der Waals surface area contributed by atoms with Crippen LogP contribution in [0.4, 0.5) is 0 Å². The van der Waals surface area contributed by atoms with E-state index in [1.165, 1.54) is 0 Å². The molecule has 2 aromatic rings. The number of pyridine rings is 1. The van der Waals surface area contributed by atoms with Gasteiger partial charge in [0.25, 0.3) is 0 Å². The molecule has 0 amide bonds. The Labute approximate surface area is 87.5 Å². The highest BCUT2D eigenvalue weighted by Gasteiger charge is 2.04. The molecule has 72 valence electrons. The molecule has 0 unspecified atom stereocenters. The molecule has 0 aliphatic heterocycles. The van der Waals surface area contributed by atoms with Crippen molar-refractivity contribution < 1.29 is 4.74 Å². The number of hydrogen-bond acceptors (Lipinski definition) is 2. The van der Waals surface area contributed by atoms with Gasteiger partial charge in [-0.05, 0) is 5.39 Å². The van der Waals surface area contributed by atoms with Crippen LogP contribution in [0.15, 0.2) is 30.3 Å². The summed E-state index contributed by atoms with van der Waals surface area (Å²) in [7, 11) is 1.61. The number of nitrogens with zero attached hydrogens (tertiary/aromatic N) is 1. The Morgan fingerprint density at radius 2 is 2.14 bits per heavy atom. The van der Waals surface area contributed by atoms with Crippen molar-refractivity contribution in [2.24, 2.45) is 0 Å². The number of halogens is 1. The lowest BCUT2D eigenvalue weighted by Gasteiger charge is -2.05. The first-order chi connectivity index (χ1) is 6.85. The Balaban J connectivity index is 2.73. The third-order valence-corrected chi connectivity index (χ3v) is 2.38. The zero-order valence-corrected chi connectivity index (χ0v) is 8.58. The maximum Gasteiger partial charge on any atom is 0.213 e. The Kier molecular flexibility index (Phi) is 2.55. The maximum absolute atomic E-state index is 5.82. The van der Waals surface area contributed by atoms with Gasteiger partial charge in [0.2, 0.25) is 5.88 Å². The molecule has 2 nitrogen and oxygen atoms in total. The standard InChI is InChI=1S/C11H10ClNO/c1-14-11-6-8-4-2-3-5-9(8)10(7-12)13-11/h2-6H,7H2,1H3. The molecule has 1 heterocycles. The molecule has 0 N–H and O–H groups in total. The van der Waals surface area contributed by atoms with Crippen molar-refractivity contribution >= 4 is 22.4 Å². The second-order valence-electron chi connectivity index (χ2n) is 2.97. The molecule has 0 aliphatic carbocycles. The molecule has 14 heavy (non-hydrogen) atoms. The maximum atomic E-state index is 5.82. The van der Waals surface area contributed by atoms with E-state index in [4.69, 9.17) is 16.3 Å². The van der Waals surface area contributed by atoms with Crippen LogP contribution >= 0.6 is 11.6 Å². The van der Waals surface area contributed by atoms with Gasteiger partial charge in [-0.3, -0.25) is 0 Å². The lowest BCUT2D eigenvalue weighted by atomic mass is 10.1. The van der Waals surface area contributed by atoms with Crippen molar-refractivity contribution in [2.75, 3.05) is 7.11 Å². The van der Waals surface area contributed by atoms with E-state index in [0.717, 1.165) is 16.5 Å². The highest BCUT2D eigenvalue weighted by molar-refractivity contribution is 6.17. The van der Waals surface area contributed by atoms with E-state index in [-0.39, 0.29) is 0 Å². The fraction of sp³-hybridized carbons (Fsp3) is 0.182. The highest BCUT2D eigenvalue weighted by atomic mass is 35.5. The smallest absolute Gasteiger partial charge is 0.213 e. The van der Waals surface area contributed by atoms with Crippen LogP contribution in [0, 0.1) is 0 Å². The number of hydrogen-bond donors (Lipinski definition) is 0. The molecule has 3 heteroatoms. The Morgan fingerprint density at radius 3 is 2.86 bits per heavy atom. The van der Waals surface area contributed by atoms with Crippen molar-refractivity contribution in [3.63, 3.8) is 0 Å². The van der Waals surface area contributed by atoms with Gasteiger partial charge in [0.15, 0.2) is 0 Å². The van der Waals surface area contributed by atoms with Gasteiger partial charge in [0.1, 0.15) is 0 Å². The minimum Gasteiger partial charge on any atom is -0.481 e. The SMILES string of the molecule is COc1cc2ccccc2c(CCl)n1. The average Bonchev–Trinajstić information content (AvgIpc) is 2.27. The second kappa shape index (κ2) is 3.84. The van der Waals surface area contributed by atoms with Gasteiger partial charge >= 0.3 is 0 Å². The van der Waals surface area contributed by atoms with Crippen LogP contribution in [0.1, 0.15) is 5.69 Å². The van der Waals surface area contributed by atoms with Crippen molar-refractivity contribution in [1.29, 1.82) is 0 Å². The number of aromatic nitrogens is 1. The van der Waals surface area contributed by atoms with E-state index in [2.05, 4.69) is 4.98 Å². The molecule has 0 fully saturated rings. The first kappa shape index (κ1) is 9.28. The molecule has 0 saturated heterocycles. The Morgan fingerprint density at radius 1 is 1.36 bits per heavy atom. The molecular formula is C11H10ClNO. The van der Waals surface area contributed by atoms with E-state index in [1.54, 1.807) is 7.11 Å². The molecule has 0 spiro atoms. The second-order valence-corrected chi connectivity index (χ2v) is 3.23. The fourth-order valence-corrected chi connectivity index (χ4v) is 1.65. The first-order valence-electron chi connectivity index (χ1n) is 4.34. The summed E-state index contributed by atoms with van der Waals surface area (Å²) in [5.74, 6) is 1.01. The van der Waals surface area contributed by atoms with E-state index in [0.29, 0.717) is 11.8 Å². The number of methoxy groups -OCH3 is 1. The minimum atomic E-state index is 0.401. The number of benzene rings is 1. The molecule has 1 aromatic carbocycles. The van der Waals surface area contributed by atoms with Gasteiger partial charge in [-0.25, -0.2) is 4.98 Å². The predicted octanol–water partition coefficient (Wildman–Crippen LogP) is 2.98. The van der Waals surface area contributed by atoms with Gasteiger partial charge < -0.3 is 4.74 Å². The monoisotopic (exact) mass is 207 g/mol. The molecule has 0 saturated carbocycles. The summed E-state index contributed by atoms with van der Waals surface area (Å²) in [6.07, 6.45) is 0. The van der Waals surface area contributed by atoms with Crippen LogP contribution < -0.4 is 4.74 Å². The lowest BCUT2D eigenvalue weighted by Crippen LogP contribution is -1.93. The van der Waals surface area contributed by atoms with E-state index < -0.39 is 0 Å². The van der Waals surface area contributed by atoms with E-state index >= 15 is 0 Å². The van der Waals surface area contributed by atoms with Gasteiger partial charge in [0.05, 0.1) is 18.7 Å². The third kappa shape index (κ3) is 1.53. The molecular weight excluding hydrogens is 198 g/mol. The summed E-state index contributed by atoms with van der Waals surface area (Å²) in [4.78, 5) is 4.28. The number of alkyl halides is 1. The summed E-state index contributed by atoms with van der Waals surface area (Å²) in [6, 6.07) is 9.91. The highest BCUT2D eigenvalue weighted by Crippen LogP contribution is 2.22. The van der Waals surface area contributed by atoms with Crippen molar-refractivity contribution in [3.8, 4) is 5.88 Å². The van der Waals surface area contributed by atoms with E-state index in [1.807, 2.05) is 30.3 Å². The predicted molar refractivity (Wildman–Crippen MR) is 57.9 cm³/mol. The van der Waals surface area contributed by atoms with Crippen LogP contribution in [-0.4, -0.2) is 12.1 Å². The quantitative estimate of drug-likeness (QED) is 0.707. The largest absolute Gasteiger partial charge is 0.481 e. The van der Waals surface area contributed by atoms with Crippen molar-refractivity contribution in [1.82, 2.24) is 4.98 Å². The van der Waals surface area contributed by atoms with Crippen molar-refractivity contribution in [3.05, 3.63) is 36.0 Å². The van der Waals surface area contributed by atoms with Crippen LogP contribution in [0.2, 0.25) is 0 Å². The molecule has 0 atom stereocenters. The van der Waals surface area contributed by atoms with Gasteiger partial charge in [-0.15, -0.1) is 11.6 Å². The zero-order chi connectivity index (χ0) is 9.97. The van der Waals surface area contributed by atoms with Gasteiger partial charge in [-0.2, -0.15) is 0 Å². The fourth-order valence-electron chi connectivity index (χ4n) is 1.45. The van der Waals surface area contributed by atoms with Crippen LogP contribution in [-0.2, 0) is 5.88 Å². The zero-order valence-electron chi connectivity index (χ0n) is 7.83. The molecule has 0 bridgehead atoms. The normalized spacial score (nSPS) is 10.4. The molecule has 1 aromatic heterocycles. The number of ether oxygens (including phenoxy) is 1. The number of rotatable bonds is 2. The van der Waals surface area contributed by atoms with Crippen LogP contribution in [0.5, 0.6) is 5.88 Å². The summed E-state index contributed by atoms with van der Waals surface area (Å²) in [5.41, 5.74) is 0.863. The van der Waals surface area contributed by atoms with Gasteiger partial charge in [-0.1, -0.05) is 24.3 Å². The molecule has 2 rings (SSSR count). The summed E-state index contributed by atoms with van der Waals surface area (Å²) in [5, 5.41) is 2.19. The molecule has 0 radical (unpaired) electrons. The van der Waals surface area contributed by atoms with Gasteiger partial charge in [0, 0.05) is 11.5 Å². The summed E-state index contributed by atoms with van der Waals surface area (Å²) < 4.78 is 5.10. The third-order valence-electron chi connectivity index (χ3n) is 2.13. The van der Waals surface area contributed by atoms with E-state index in [9.17, 15) is 0 Å². The van der Waals surface area contributed by atoms with Crippen LogP contribution in [0.25, 0.3) is 10.8 Å². The minimum absolute atomic E-state index is 0.401. The lowest BCUT2D eigenvalue weighted by molar-refractivity contribution is 0.398. The first-order valence-corrected chi connectivity index (χ1v) is 4.87. The summed E-state index contributed by atoms with van der Waals surface area (Å²) in [6.45, 7) is 0.